The molecule has 2 aliphatic heterocycles. The molecule has 2 aliphatic rings. The molecular formula is C29H25F3N6O3. The lowest BCUT2D eigenvalue weighted by atomic mass is 9.99. The van der Waals surface area contributed by atoms with Crippen LogP contribution in [0.25, 0.3) is 16.9 Å². The second-order valence-electron chi connectivity index (χ2n) is 9.90. The number of hydrogen-bond donors (Lipinski definition) is 0. The Morgan fingerprint density at radius 3 is 2.37 bits per heavy atom. The molecule has 2 amide bonds. The number of amides is 2. The number of rotatable bonds is 5. The Bertz CT molecular complexity index is 1540. The van der Waals surface area contributed by atoms with E-state index in [1.807, 2.05) is 30.3 Å². The molecule has 2 saturated heterocycles. The molecule has 1 atom stereocenters. The van der Waals surface area contributed by atoms with Gasteiger partial charge >= 0.3 is 12.3 Å². The van der Waals surface area contributed by atoms with Crippen molar-refractivity contribution in [3.8, 4) is 16.9 Å². The van der Waals surface area contributed by atoms with Crippen molar-refractivity contribution in [3.05, 3.63) is 96.2 Å². The summed E-state index contributed by atoms with van der Waals surface area (Å²) in [6.45, 7) is 1.11. The van der Waals surface area contributed by atoms with Crippen molar-refractivity contribution in [2.75, 3.05) is 19.7 Å². The molecule has 2 fully saturated rings. The van der Waals surface area contributed by atoms with Gasteiger partial charge < -0.3 is 9.64 Å². The van der Waals surface area contributed by atoms with Gasteiger partial charge in [-0.25, -0.2) is 14.5 Å². The summed E-state index contributed by atoms with van der Waals surface area (Å²) in [7, 11) is 0. The minimum Gasteiger partial charge on any atom is -0.447 e. The Hall–Kier alpha value is -4.74. The largest absolute Gasteiger partial charge is 0.447 e. The second kappa shape index (κ2) is 10.7. The number of pyridine rings is 2. The van der Waals surface area contributed by atoms with Crippen LogP contribution in [0.5, 0.6) is 0 Å². The van der Waals surface area contributed by atoms with Crippen LogP contribution in [0.1, 0.15) is 40.6 Å². The predicted molar refractivity (Wildman–Crippen MR) is 141 cm³/mol. The molecule has 0 unspecified atom stereocenters. The zero-order valence-electron chi connectivity index (χ0n) is 21.7. The highest BCUT2D eigenvalue weighted by Gasteiger charge is 2.41. The van der Waals surface area contributed by atoms with E-state index < -0.39 is 11.9 Å². The lowest BCUT2D eigenvalue weighted by Gasteiger charge is -2.37. The molecule has 9 nitrogen and oxygen atoms in total. The first-order valence-electron chi connectivity index (χ1n) is 13.1. The zero-order chi connectivity index (χ0) is 28.6. The normalized spacial score (nSPS) is 18.0. The molecule has 3 aromatic heterocycles. The molecule has 41 heavy (non-hydrogen) atoms. The number of likely N-dealkylation sites (tertiary alicyclic amines) is 1. The summed E-state index contributed by atoms with van der Waals surface area (Å²) in [6, 6.07) is 16.7. The van der Waals surface area contributed by atoms with Crippen molar-refractivity contribution < 1.29 is 27.5 Å². The average Bonchev–Trinajstić information content (AvgIpc) is 3.62. The highest BCUT2D eigenvalue weighted by Crippen LogP contribution is 2.34. The van der Waals surface area contributed by atoms with Gasteiger partial charge in [0.25, 0.3) is 5.91 Å². The molecule has 0 aliphatic carbocycles. The minimum absolute atomic E-state index is 0.0811. The van der Waals surface area contributed by atoms with Crippen LogP contribution in [0, 0.1) is 0 Å². The number of carbonyl (C=O) groups excluding carboxylic acids is 2. The molecule has 12 heteroatoms. The first-order chi connectivity index (χ1) is 19.8. The van der Waals surface area contributed by atoms with Crippen LogP contribution >= 0.6 is 0 Å². The minimum atomic E-state index is -4.57. The van der Waals surface area contributed by atoms with Gasteiger partial charge in [-0.3, -0.25) is 14.7 Å². The maximum Gasteiger partial charge on any atom is 0.433 e. The van der Waals surface area contributed by atoms with Crippen molar-refractivity contribution >= 4 is 12.0 Å². The predicted octanol–water partition coefficient (Wildman–Crippen LogP) is 5.15. The third-order valence-corrected chi connectivity index (χ3v) is 7.43. The molecule has 0 saturated carbocycles. The number of aromatic nitrogens is 4. The number of halogens is 3. The van der Waals surface area contributed by atoms with E-state index in [4.69, 9.17) is 4.74 Å². The fourth-order valence-electron chi connectivity index (χ4n) is 5.37. The third kappa shape index (κ3) is 5.24. The zero-order valence-corrected chi connectivity index (χ0v) is 21.7. The Labute approximate surface area is 233 Å². The second-order valence-corrected chi connectivity index (χ2v) is 9.90. The standard InChI is InChI=1S/C29H25F3N6O3/c30-29(31,32)26-7-6-22(17-34-26)38-24(20-8-12-33-13-9-20)16-23(35-38)27(39)36-14-10-21(11-15-36)37-25(18-41-28(37)40)19-4-2-1-3-5-19/h1-9,12-13,16-17,21,25H,10-11,14-15,18H2/t25-/m0/s1. The summed E-state index contributed by atoms with van der Waals surface area (Å²) in [5.41, 5.74) is 1.61. The lowest BCUT2D eigenvalue weighted by molar-refractivity contribution is -0.141. The smallest absolute Gasteiger partial charge is 0.433 e. The Morgan fingerprint density at radius 2 is 1.71 bits per heavy atom. The van der Waals surface area contributed by atoms with Crippen LogP contribution in [-0.4, -0.2) is 67.3 Å². The number of piperidine rings is 1. The monoisotopic (exact) mass is 562 g/mol. The van der Waals surface area contributed by atoms with E-state index in [1.165, 1.54) is 10.7 Å². The van der Waals surface area contributed by atoms with Gasteiger partial charge in [0.05, 0.1) is 23.6 Å². The number of alkyl halides is 3. The van der Waals surface area contributed by atoms with E-state index in [2.05, 4.69) is 15.1 Å². The third-order valence-electron chi connectivity index (χ3n) is 7.43. The number of nitrogens with zero attached hydrogens (tertiary/aromatic N) is 6. The van der Waals surface area contributed by atoms with E-state index >= 15 is 0 Å². The maximum absolute atomic E-state index is 13.6. The van der Waals surface area contributed by atoms with E-state index in [9.17, 15) is 22.8 Å². The lowest BCUT2D eigenvalue weighted by Crippen LogP contribution is -2.47. The SMILES string of the molecule is O=C(c1cc(-c2ccncc2)n(-c2ccc(C(F)(F)F)nc2)n1)N1CCC(N2C(=O)OC[C@H]2c2ccccc2)CC1. The van der Waals surface area contributed by atoms with Crippen LogP contribution in [0.4, 0.5) is 18.0 Å². The highest BCUT2D eigenvalue weighted by molar-refractivity contribution is 5.93. The fraction of sp³-hybridized carbons (Fsp3) is 0.276. The topological polar surface area (TPSA) is 93.5 Å². The van der Waals surface area contributed by atoms with Gasteiger partial charge in [-0.05, 0) is 48.7 Å². The van der Waals surface area contributed by atoms with Gasteiger partial charge in [0.1, 0.15) is 12.3 Å². The Kier molecular flexibility index (Phi) is 6.90. The van der Waals surface area contributed by atoms with Gasteiger partial charge in [0.15, 0.2) is 5.69 Å². The molecule has 0 radical (unpaired) electrons. The summed E-state index contributed by atoms with van der Waals surface area (Å²) >= 11 is 0. The van der Waals surface area contributed by atoms with Crippen LogP contribution in [0.2, 0.25) is 0 Å². The van der Waals surface area contributed by atoms with Crippen LogP contribution in [0.3, 0.4) is 0 Å². The first-order valence-corrected chi connectivity index (χ1v) is 13.1. The maximum atomic E-state index is 13.6. The average molecular weight is 563 g/mol. The number of ether oxygens (including phenoxy) is 1. The van der Waals surface area contributed by atoms with Gasteiger partial charge in [-0.15, -0.1) is 0 Å². The Balaban J connectivity index is 1.22. The summed E-state index contributed by atoms with van der Waals surface area (Å²) < 4.78 is 46.0. The molecule has 4 aromatic rings. The van der Waals surface area contributed by atoms with Gasteiger partial charge in [-0.2, -0.15) is 18.3 Å². The molecular weight excluding hydrogens is 537 g/mol. The van der Waals surface area contributed by atoms with Crippen LogP contribution in [0.15, 0.2) is 79.3 Å². The first kappa shape index (κ1) is 26.5. The fourth-order valence-corrected chi connectivity index (χ4v) is 5.37. The number of cyclic esters (lactones) is 1. The van der Waals surface area contributed by atoms with Gasteiger partial charge in [0, 0.05) is 37.1 Å². The molecule has 0 N–H and O–H groups in total. The molecule has 6 rings (SSSR count). The van der Waals surface area contributed by atoms with Gasteiger partial charge in [-0.1, -0.05) is 30.3 Å². The summed E-state index contributed by atoms with van der Waals surface area (Å²) in [6.07, 6.45) is 0.464. The highest BCUT2D eigenvalue weighted by atomic mass is 19.4. The van der Waals surface area contributed by atoms with Crippen molar-refractivity contribution in [2.45, 2.75) is 31.1 Å². The van der Waals surface area contributed by atoms with Crippen LogP contribution < -0.4 is 0 Å². The molecule has 0 spiro atoms. The van der Waals surface area contributed by atoms with E-state index in [-0.39, 0.29) is 42.1 Å². The van der Waals surface area contributed by atoms with Crippen molar-refractivity contribution in [2.24, 2.45) is 0 Å². The molecule has 5 heterocycles. The van der Waals surface area contributed by atoms with Crippen molar-refractivity contribution in [3.63, 3.8) is 0 Å². The molecule has 0 bridgehead atoms. The van der Waals surface area contributed by atoms with Crippen molar-refractivity contribution in [1.82, 2.24) is 29.5 Å². The summed E-state index contributed by atoms with van der Waals surface area (Å²) in [5.74, 6) is -0.305. The number of hydrogen-bond acceptors (Lipinski definition) is 6. The summed E-state index contributed by atoms with van der Waals surface area (Å²) in [4.78, 5) is 37.2. The number of carbonyl (C=O) groups is 2. The molecule has 1 aromatic carbocycles. The van der Waals surface area contributed by atoms with E-state index in [1.54, 1.807) is 40.4 Å². The number of benzene rings is 1. The quantitative estimate of drug-likeness (QED) is 0.334. The summed E-state index contributed by atoms with van der Waals surface area (Å²) in [5, 5.41) is 4.48. The van der Waals surface area contributed by atoms with E-state index in [0.717, 1.165) is 17.8 Å². The molecule has 210 valence electrons. The van der Waals surface area contributed by atoms with Crippen molar-refractivity contribution in [1.29, 1.82) is 0 Å². The van der Waals surface area contributed by atoms with Crippen LogP contribution in [-0.2, 0) is 10.9 Å². The van der Waals surface area contributed by atoms with E-state index in [0.29, 0.717) is 37.2 Å². The Morgan fingerprint density at radius 1 is 0.976 bits per heavy atom. The van der Waals surface area contributed by atoms with Gasteiger partial charge in [0.2, 0.25) is 0 Å².